The third kappa shape index (κ3) is 2.83. The summed E-state index contributed by atoms with van der Waals surface area (Å²) in [5, 5.41) is 0. The molecule has 6 nitrogen and oxygen atoms in total. The fraction of sp³-hybridized carbons (Fsp3) is 0.444. The molecule has 6 heteroatoms. The van der Waals surface area contributed by atoms with Crippen LogP contribution in [0.2, 0.25) is 0 Å². The first-order chi connectivity index (χ1) is 11.7. The Morgan fingerprint density at radius 1 is 1.29 bits per heavy atom. The van der Waals surface area contributed by atoms with E-state index in [-0.39, 0.29) is 6.10 Å². The highest BCUT2D eigenvalue weighted by Gasteiger charge is 2.26. The van der Waals surface area contributed by atoms with Crippen molar-refractivity contribution in [3.8, 4) is 5.75 Å². The highest BCUT2D eigenvalue weighted by molar-refractivity contribution is 5.54. The fourth-order valence-corrected chi connectivity index (χ4v) is 3.38. The molecular formula is C18H22N4O2. The summed E-state index contributed by atoms with van der Waals surface area (Å²) in [6, 6.07) is 8.16. The van der Waals surface area contributed by atoms with Gasteiger partial charge in [-0.25, -0.2) is 9.97 Å². The number of benzene rings is 1. The molecule has 4 rings (SSSR count). The van der Waals surface area contributed by atoms with Crippen LogP contribution < -0.4 is 15.4 Å². The van der Waals surface area contributed by atoms with Crippen LogP contribution in [-0.4, -0.2) is 42.3 Å². The number of ether oxygens (including phenoxy) is 2. The van der Waals surface area contributed by atoms with Crippen molar-refractivity contribution in [1.29, 1.82) is 0 Å². The smallest absolute Gasteiger partial charge is 0.136 e. The van der Waals surface area contributed by atoms with Gasteiger partial charge in [-0.2, -0.15) is 0 Å². The van der Waals surface area contributed by atoms with Crippen molar-refractivity contribution >= 4 is 5.82 Å². The number of aryl methyl sites for hydroxylation is 1. The van der Waals surface area contributed by atoms with Crippen molar-refractivity contribution in [3.63, 3.8) is 0 Å². The maximum absolute atomic E-state index is 5.96. The van der Waals surface area contributed by atoms with Crippen LogP contribution in [0.1, 0.15) is 22.6 Å². The Kier molecular flexibility index (Phi) is 4.08. The largest absolute Gasteiger partial charge is 0.487 e. The van der Waals surface area contributed by atoms with Crippen molar-refractivity contribution in [1.82, 2.24) is 9.97 Å². The minimum Gasteiger partial charge on any atom is -0.487 e. The molecule has 1 saturated heterocycles. The number of para-hydroxylation sites is 1. The molecule has 0 unspecified atom stereocenters. The van der Waals surface area contributed by atoms with Crippen molar-refractivity contribution in [2.75, 3.05) is 31.1 Å². The summed E-state index contributed by atoms with van der Waals surface area (Å²) < 4.78 is 11.7. The summed E-state index contributed by atoms with van der Waals surface area (Å²) in [6.07, 6.45) is 0.838. The SMILES string of the molecule is Cc1nc2c(c(N3CCO[C@@H](CN)C3)n1)Cc1ccccc1OC2. The van der Waals surface area contributed by atoms with Crippen LogP contribution in [0.5, 0.6) is 5.75 Å². The minimum absolute atomic E-state index is 0.0546. The summed E-state index contributed by atoms with van der Waals surface area (Å²) in [5.74, 6) is 2.70. The second-order valence-corrected chi connectivity index (χ2v) is 6.27. The molecule has 1 atom stereocenters. The third-order valence-corrected chi connectivity index (χ3v) is 4.59. The quantitative estimate of drug-likeness (QED) is 0.900. The van der Waals surface area contributed by atoms with Gasteiger partial charge >= 0.3 is 0 Å². The van der Waals surface area contributed by atoms with Crippen molar-refractivity contribution in [3.05, 3.63) is 46.9 Å². The number of nitrogens with zero attached hydrogens (tertiary/aromatic N) is 3. The Morgan fingerprint density at radius 3 is 3.04 bits per heavy atom. The first-order valence-electron chi connectivity index (χ1n) is 8.38. The van der Waals surface area contributed by atoms with Gasteiger partial charge in [0.15, 0.2) is 0 Å². The normalized spacial score (nSPS) is 19.9. The molecule has 0 radical (unpaired) electrons. The van der Waals surface area contributed by atoms with Crippen LogP contribution in [0.3, 0.4) is 0 Å². The molecule has 0 aliphatic carbocycles. The number of nitrogens with two attached hydrogens (primary N) is 1. The molecule has 0 spiro atoms. The Labute approximate surface area is 141 Å². The Hall–Kier alpha value is -2.18. The minimum atomic E-state index is 0.0546. The van der Waals surface area contributed by atoms with E-state index in [2.05, 4.69) is 16.0 Å². The van der Waals surface area contributed by atoms with Gasteiger partial charge in [-0.05, 0) is 18.6 Å². The second kappa shape index (κ2) is 6.37. The van der Waals surface area contributed by atoms with Gasteiger partial charge in [-0.1, -0.05) is 18.2 Å². The highest BCUT2D eigenvalue weighted by atomic mass is 16.5. The van der Waals surface area contributed by atoms with Gasteiger partial charge in [-0.15, -0.1) is 0 Å². The topological polar surface area (TPSA) is 73.5 Å². The van der Waals surface area contributed by atoms with Crippen LogP contribution in [0, 0.1) is 6.92 Å². The molecule has 3 heterocycles. The summed E-state index contributed by atoms with van der Waals surface area (Å²) in [6.45, 7) is 5.20. The van der Waals surface area contributed by atoms with Gasteiger partial charge in [0.1, 0.15) is 24.0 Å². The molecule has 126 valence electrons. The van der Waals surface area contributed by atoms with Gasteiger partial charge in [0.05, 0.1) is 18.4 Å². The summed E-state index contributed by atoms with van der Waals surface area (Å²) in [7, 11) is 0. The van der Waals surface area contributed by atoms with Crippen molar-refractivity contribution in [2.45, 2.75) is 26.1 Å². The number of morpholine rings is 1. The van der Waals surface area contributed by atoms with Gasteiger partial charge in [-0.3, -0.25) is 0 Å². The Balaban J connectivity index is 1.75. The molecule has 2 aliphatic rings. The van der Waals surface area contributed by atoms with E-state index in [0.29, 0.717) is 19.8 Å². The van der Waals surface area contributed by atoms with Gasteiger partial charge in [0.2, 0.25) is 0 Å². The molecular weight excluding hydrogens is 304 g/mol. The van der Waals surface area contributed by atoms with Crippen LogP contribution in [0.15, 0.2) is 24.3 Å². The number of anilines is 1. The Morgan fingerprint density at radius 2 is 2.17 bits per heavy atom. The second-order valence-electron chi connectivity index (χ2n) is 6.27. The van der Waals surface area contributed by atoms with E-state index >= 15 is 0 Å². The molecule has 0 saturated carbocycles. The number of hydrogen-bond acceptors (Lipinski definition) is 6. The molecule has 1 fully saturated rings. The van der Waals surface area contributed by atoms with E-state index in [9.17, 15) is 0 Å². The predicted octanol–water partition coefficient (Wildman–Crippen LogP) is 1.43. The third-order valence-electron chi connectivity index (χ3n) is 4.59. The van der Waals surface area contributed by atoms with Gasteiger partial charge in [0.25, 0.3) is 0 Å². The first-order valence-corrected chi connectivity index (χ1v) is 8.38. The lowest BCUT2D eigenvalue weighted by Gasteiger charge is -2.34. The molecule has 2 aromatic rings. The van der Waals surface area contributed by atoms with E-state index in [1.165, 1.54) is 5.56 Å². The van der Waals surface area contributed by atoms with Gasteiger partial charge in [0, 0.05) is 31.6 Å². The average Bonchev–Trinajstić information content (AvgIpc) is 2.80. The zero-order chi connectivity index (χ0) is 16.5. The maximum Gasteiger partial charge on any atom is 0.136 e. The maximum atomic E-state index is 5.96. The first kappa shape index (κ1) is 15.4. The van der Waals surface area contributed by atoms with Crippen LogP contribution in [-0.2, 0) is 17.8 Å². The summed E-state index contributed by atoms with van der Waals surface area (Å²) in [4.78, 5) is 11.7. The van der Waals surface area contributed by atoms with E-state index in [1.54, 1.807) is 0 Å². The lowest BCUT2D eigenvalue weighted by atomic mass is 10.0. The number of hydrogen-bond donors (Lipinski definition) is 1. The van der Waals surface area contributed by atoms with E-state index in [0.717, 1.165) is 48.2 Å². The average molecular weight is 326 g/mol. The van der Waals surface area contributed by atoms with E-state index < -0.39 is 0 Å². The van der Waals surface area contributed by atoms with Crippen molar-refractivity contribution < 1.29 is 9.47 Å². The monoisotopic (exact) mass is 326 g/mol. The lowest BCUT2D eigenvalue weighted by Crippen LogP contribution is -2.46. The molecule has 1 aromatic heterocycles. The Bertz CT molecular complexity index is 750. The van der Waals surface area contributed by atoms with Crippen molar-refractivity contribution in [2.24, 2.45) is 5.73 Å². The lowest BCUT2D eigenvalue weighted by molar-refractivity contribution is 0.0462. The van der Waals surface area contributed by atoms with Crippen LogP contribution >= 0.6 is 0 Å². The number of aromatic nitrogens is 2. The zero-order valence-corrected chi connectivity index (χ0v) is 13.9. The molecule has 2 aliphatic heterocycles. The summed E-state index contributed by atoms with van der Waals surface area (Å²) >= 11 is 0. The van der Waals surface area contributed by atoms with E-state index in [1.807, 2.05) is 25.1 Å². The predicted molar refractivity (Wildman–Crippen MR) is 91.4 cm³/mol. The van der Waals surface area contributed by atoms with Crippen LogP contribution in [0.25, 0.3) is 0 Å². The van der Waals surface area contributed by atoms with E-state index in [4.69, 9.17) is 20.2 Å². The standard InChI is InChI=1S/C18H22N4O2/c1-12-20-16-11-24-17-5-3-2-4-13(17)8-15(16)18(21-12)22-6-7-23-14(9-19)10-22/h2-5,14H,6-11,19H2,1H3/t14-/m0/s1. The zero-order valence-electron chi connectivity index (χ0n) is 13.9. The highest BCUT2D eigenvalue weighted by Crippen LogP contribution is 2.32. The number of rotatable bonds is 2. The number of fused-ring (bicyclic) bond motifs is 2. The molecule has 24 heavy (non-hydrogen) atoms. The molecule has 0 bridgehead atoms. The molecule has 2 N–H and O–H groups in total. The molecule has 1 aromatic carbocycles. The summed E-state index contributed by atoms with van der Waals surface area (Å²) in [5.41, 5.74) is 9.10. The molecule has 0 amide bonds. The fourth-order valence-electron chi connectivity index (χ4n) is 3.38. The van der Waals surface area contributed by atoms with Crippen LogP contribution in [0.4, 0.5) is 5.82 Å². The van der Waals surface area contributed by atoms with Gasteiger partial charge < -0.3 is 20.1 Å².